The number of rotatable bonds is 2. The summed E-state index contributed by atoms with van der Waals surface area (Å²) in [6, 6.07) is 0. The molecule has 0 bridgehead atoms. The minimum absolute atomic E-state index is 0.223. The lowest BCUT2D eigenvalue weighted by Gasteiger charge is -2.10. The van der Waals surface area contributed by atoms with Crippen molar-refractivity contribution in [2.75, 3.05) is 5.32 Å². The molecular weight excluding hydrogens is 349 g/mol. The van der Waals surface area contributed by atoms with Crippen molar-refractivity contribution in [3.05, 3.63) is 50.5 Å². The first-order valence-corrected chi connectivity index (χ1v) is 8.21. The molecule has 0 fully saturated rings. The summed E-state index contributed by atoms with van der Waals surface area (Å²) in [4.78, 5) is 13.3. The summed E-state index contributed by atoms with van der Waals surface area (Å²) < 4.78 is 66.8. The summed E-state index contributed by atoms with van der Waals surface area (Å²) in [6.45, 7) is 0. The monoisotopic (exact) mass is 361 g/mol. The van der Waals surface area contributed by atoms with Gasteiger partial charge in [0.15, 0.2) is 23.3 Å². The largest absolute Gasteiger partial charge is 0.317 e. The van der Waals surface area contributed by atoms with Gasteiger partial charge in [-0.2, -0.15) is 0 Å². The maximum Gasteiger partial charge on any atom is 0.256 e. The molecular formula is C16H12F5NOS. The highest BCUT2D eigenvalue weighted by Gasteiger charge is 2.28. The van der Waals surface area contributed by atoms with Crippen molar-refractivity contribution >= 4 is 22.9 Å². The number of amides is 1. The normalized spacial score (nSPS) is 14.2. The lowest BCUT2D eigenvalue weighted by Crippen LogP contribution is -2.17. The molecule has 2 aromatic rings. The number of carbonyl (C=O) groups is 1. The molecule has 1 heterocycles. The molecule has 1 aliphatic rings. The first kappa shape index (κ1) is 16.9. The van der Waals surface area contributed by atoms with Crippen molar-refractivity contribution in [2.24, 2.45) is 0 Å². The summed E-state index contributed by atoms with van der Waals surface area (Å²) >= 11 is 1.36. The van der Waals surface area contributed by atoms with Crippen LogP contribution in [-0.4, -0.2) is 5.91 Å². The maximum absolute atomic E-state index is 13.7. The van der Waals surface area contributed by atoms with Crippen LogP contribution in [0.3, 0.4) is 0 Å². The number of hydrogen-bond donors (Lipinski definition) is 1. The molecule has 1 aliphatic carbocycles. The molecule has 1 aromatic carbocycles. The van der Waals surface area contributed by atoms with Crippen LogP contribution in [0.1, 0.15) is 40.1 Å². The lowest BCUT2D eigenvalue weighted by molar-refractivity contribution is 0.102. The molecule has 0 radical (unpaired) electrons. The standard InChI is InChI=1S/C16H12F5NOS/c17-10-11(18)13(20)15(14(21)12(10)19)22-16(23)8-6-24-9-5-3-1-2-4-7(8)9/h6H,1-5H2,(H,22,23). The predicted octanol–water partition coefficient (Wildman–Crippen LogP) is 4.96. The maximum atomic E-state index is 13.7. The van der Waals surface area contributed by atoms with Gasteiger partial charge in [0.2, 0.25) is 5.82 Å². The molecule has 0 unspecified atom stereocenters. The van der Waals surface area contributed by atoms with Crippen molar-refractivity contribution in [2.45, 2.75) is 32.1 Å². The Morgan fingerprint density at radius 2 is 1.46 bits per heavy atom. The van der Waals surface area contributed by atoms with Gasteiger partial charge in [-0.3, -0.25) is 4.79 Å². The highest BCUT2D eigenvalue weighted by Crippen LogP contribution is 2.31. The molecule has 3 rings (SSSR count). The Kier molecular flexibility index (Phi) is 4.58. The van der Waals surface area contributed by atoms with Crippen molar-refractivity contribution in [1.29, 1.82) is 0 Å². The van der Waals surface area contributed by atoms with Crippen LogP contribution < -0.4 is 5.32 Å². The van der Waals surface area contributed by atoms with Gasteiger partial charge in [0.25, 0.3) is 5.91 Å². The third-order valence-electron chi connectivity index (χ3n) is 4.00. The number of halogens is 5. The summed E-state index contributed by atoms with van der Waals surface area (Å²) in [6.07, 6.45) is 4.35. The highest BCUT2D eigenvalue weighted by molar-refractivity contribution is 7.10. The second-order valence-corrected chi connectivity index (χ2v) is 6.48. The zero-order chi connectivity index (χ0) is 17.4. The molecule has 0 aliphatic heterocycles. The fraction of sp³-hybridized carbons (Fsp3) is 0.312. The van der Waals surface area contributed by atoms with E-state index in [1.807, 2.05) is 5.32 Å². The molecule has 24 heavy (non-hydrogen) atoms. The molecule has 128 valence electrons. The summed E-state index contributed by atoms with van der Waals surface area (Å²) in [7, 11) is 0. The molecule has 1 aromatic heterocycles. The molecule has 8 heteroatoms. The summed E-state index contributed by atoms with van der Waals surface area (Å²) in [5.41, 5.74) is -0.315. The van der Waals surface area contributed by atoms with E-state index < -0.39 is 40.7 Å². The Bertz CT molecular complexity index is 788. The van der Waals surface area contributed by atoms with E-state index in [-0.39, 0.29) is 5.56 Å². The fourth-order valence-corrected chi connectivity index (χ4v) is 3.88. The van der Waals surface area contributed by atoms with Gasteiger partial charge in [0.1, 0.15) is 5.69 Å². The average Bonchev–Trinajstić information content (AvgIpc) is 2.84. The number of carbonyl (C=O) groups excluding carboxylic acids is 1. The average molecular weight is 361 g/mol. The Morgan fingerprint density at radius 1 is 0.875 bits per heavy atom. The number of nitrogens with one attached hydrogen (secondary N) is 1. The van der Waals surface area contributed by atoms with Crippen LogP contribution in [0.4, 0.5) is 27.6 Å². The highest BCUT2D eigenvalue weighted by atomic mass is 32.1. The van der Waals surface area contributed by atoms with Crippen LogP contribution in [0.15, 0.2) is 5.38 Å². The molecule has 0 saturated heterocycles. The number of anilines is 1. The van der Waals surface area contributed by atoms with Gasteiger partial charge in [0, 0.05) is 10.3 Å². The van der Waals surface area contributed by atoms with Gasteiger partial charge in [-0.1, -0.05) is 6.42 Å². The minimum Gasteiger partial charge on any atom is -0.317 e. The van der Waals surface area contributed by atoms with Gasteiger partial charge >= 0.3 is 0 Å². The molecule has 2 nitrogen and oxygen atoms in total. The minimum atomic E-state index is -2.26. The number of fused-ring (bicyclic) bond motifs is 1. The number of benzene rings is 1. The zero-order valence-corrected chi connectivity index (χ0v) is 13.1. The molecule has 1 amide bonds. The fourth-order valence-electron chi connectivity index (χ4n) is 2.76. The van der Waals surface area contributed by atoms with Crippen molar-refractivity contribution in [3.63, 3.8) is 0 Å². The quantitative estimate of drug-likeness (QED) is 0.348. The molecule has 0 spiro atoms. The smallest absolute Gasteiger partial charge is 0.256 e. The lowest BCUT2D eigenvalue weighted by atomic mass is 10.1. The Morgan fingerprint density at radius 3 is 2.12 bits per heavy atom. The third-order valence-corrected chi connectivity index (χ3v) is 5.09. The van der Waals surface area contributed by atoms with Crippen molar-refractivity contribution in [1.82, 2.24) is 0 Å². The topological polar surface area (TPSA) is 29.1 Å². The first-order chi connectivity index (χ1) is 11.4. The molecule has 0 saturated carbocycles. The summed E-state index contributed by atoms with van der Waals surface area (Å²) in [5.74, 6) is -11.4. The number of aryl methyl sites for hydroxylation is 1. The van der Waals surface area contributed by atoms with E-state index in [1.54, 1.807) is 5.38 Å². The van der Waals surface area contributed by atoms with E-state index in [2.05, 4.69) is 0 Å². The Balaban J connectivity index is 1.96. The van der Waals surface area contributed by atoms with Crippen LogP contribution >= 0.6 is 11.3 Å². The van der Waals surface area contributed by atoms with Crippen LogP contribution in [0, 0.1) is 29.1 Å². The van der Waals surface area contributed by atoms with Gasteiger partial charge in [-0.15, -0.1) is 11.3 Å². The van der Waals surface area contributed by atoms with Gasteiger partial charge in [-0.05, 0) is 31.2 Å². The first-order valence-electron chi connectivity index (χ1n) is 7.33. The van der Waals surface area contributed by atoms with E-state index >= 15 is 0 Å². The zero-order valence-electron chi connectivity index (χ0n) is 12.3. The van der Waals surface area contributed by atoms with Crippen LogP contribution in [0.2, 0.25) is 0 Å². The predicted molar refractivity (Wildman–Crippen MR) is 79.8 cm³/mol. The second-order valence-electron chi connectivity index (χ2n) is 5.51. The number of hydrogen-bond acceptors (Lipinski definition) is 2. The Labute approximate surface area is 138 Å². The van der Waals surface area contributed by atoms with Crippen LogP contribution in [-0.2, 0) is 12.8 Å². The van der Waals surface area contributed by atoms with Gasteiger partial charge in [0.05, 0.1) is 5.56 Å². The third kappa shape index (κ3) is 2.79. The van der Waals surface area contributed by atoms with Gasteiger partial charge in [-0.25, -0.2) is 22.0 Å². The van der Waals surface area contributed by atoms with E-state index in [0.29, 0.717) is 6.42 Å². The second kappa shape index (κ2) is 6.51. The molecule has 1 N–H and O–H groups in total. The van der Waals surface area contributed by atoms with E-state index in [9.17, 15) is 26.7 Å². The van der Waals surface area contributed by atoms with Crippen molar-refractivity contribution < 1.29 is 26.7 Å². The molecule has 0 atom stereocenters. The van der Waals surface area contributed by atoms with Crippen molar-refractivity contribution in [3.8, 4) is 0 Å². The van der Waals surface area contributed by atoms with Crippen LogP contribution in [0.25, 0.3) is 0 Å². The van der Waals surface area contributed by atoms with Crippen LogP contribution in [0.5, 0.6) is 0 Å². The van der Waals surface area contributed by atoms with E-state index in [4.69, 9.17) is 0 Å². The Hall–Kier alpha value is -1.96. The SMILES string of the molecule is O=C(Nc1c(F)c(F)c(F)c(F)c1F)c1csc2c1CCCCC2. The summed E-state index contributed by atoms with van der Waals surface area (Å²) in [5, 5.41) is 3.38. The number of thiophene rings is 1. The van der Waals surface area contributed by atoms with Gasteiger partial charge < -0.3 is 5.32 Å². The van der Waals surface area contributed by atoms with E-state index in [0.717, 1.165) is 36.1 Å². The van der Waals surface area contributed by atoms with E-state index in [1.165, 1.54) is 11.3 Å².